The molecule has 4 nitrogen and oxygen atoms in total. The van der Waals surface area contributed by atoms with Gasteiger partial charge in [0, 0.05) is 20.6 Å². The van der Waals surface area contributed by atoms with Crippen molar-refractivity contribution in [3.05, 3.63) is 58.6 Å². The van der Waals surface area contributed by atoms with Gasteiger partial charge in [0.05, 0.1) is 6.54 Å². The van der Waals surface area contributed by atoms with E-state index in [1.54, 1.807) is 30.0 Å². The maximum absolute atomic E-state index is 11.9. The van der Waals surface area contributed by atoms with Gasteiger partial charge in [-0.15, -0.1) is 11.8 Å². The van der Waals surface area contributed by atoms with Gasteiger partial charge in [-0.25, -0.2) is 0 Å². The molecule has 0 aliphatic carbocycles. The quantitative estimate of drug-likeness (QED) is 0.782. The summed E-state index contributed by atoms with van der Waals surface area (Å²) in [5.41, 5.74) is 1.21. The van der Waals surface area contributed by atoms with Crippen molar-refractivity contribution < 1.29 is 9.59 Å². The molecule has 6 heteroatoms. The first-order valence-corrected chi connectivity index (χ1v) is 8.58. The van der Waals surface area contributed by atoms with Crippen molar-refractivity contribution in [2.75, 3.05) is 18.1 Å². The molecule has 2 amide bonds. The maximum Gasteiger partial charge on any atom is 0.251 e. The topological polar surface area (TPSA) is 58.2 Å². The maximum atomic E-state index is 11.9. The third kappa shape index (κ3) is 4.89. The lowest BCUT2D eigenvalue weighted by Crippen LogP contribution is -2.32. The molecule has 22 heavy (non-hydrogen) atoms. The zero-order valence-corrected chi connectivity index (χ0v) is 14.3. The summed E-state index contributed by atoms with van der Waals surface area (Å²) >= 11 is 4.94. The van der Waals surface area contributed by atoms with Crippen molar-refractivity contribution >= 4 is 45.2 Å². The summed E-state index contributed by atoms with van der Waals surface area (Å²) < 4.78 is 0.818. The lowest BCUT2D eigenvalue weighted by atomic mass is 10.2. The molecule has 0 saturated carbocycles. The summed E-state index contributed by atoms with van der Waals surface area (Å²) in [5.74, 6) is -0.547. The van der Waals surface area contributed by atoms with Crippen molar-refractivity contribution in [2.45, 2.75) is 4.90 Å². The van der Waals surface area contributed by atoms with Crippen LogP contribution in [0.15, 0.2) is 57.9 Å². The minimum Gasteiger partial charge on any atom is -0.343 e. The first kappa shape index (κ1) is 16.6. The molecule has 2 N–H and O–H groups in total. The number of hydrogen-bond acceptors (Lipinski definition) is 3. The number of rotatable bonds is 5. The van der Waals surface area contributed by atoms with Gasteiger partial charge in [0.15, 0.2) is 0 Å². The highest BCUT2D eigenvalue weighted by Crippen LogP contribution is 2.17. The van der Waals surface area contributed by atoms with Gasteiger partial charge in [-0.05, 0) is 48.7 Å². The number of anilines is 1. The van der Waals surface area contributed by atoms with Gasteiger partial charge in [-0.3, -0.25) is 9.59 Å². The standard InChI is InChI=1S/C16H15BrN2O2S/c1-22-14-7-5-13(6-8-14)19-15(20)10-18-16(21)11-3-2-4-12(17)9-11/h2-9H,10H2,1H3,(H,18,21)(H,19,20). The number of benzene rings is 2. The Morgan fingerprint density at radius 2 is 1.86 bits per heavy atom. The first-order valence-electron chi connectivity index (χ1n) is 6.56. The van der Waals surface area contributed by atoms with Crippen molar-refractivity contribution in [2.24, 2.45) is 0 Å². The summed E-state index contributed by atoms with van der Waals surface area (Å²) in [5, 5.41) is 5.33. The molecular weight excluding hydrogens is 364 g/mol. The molecule has 0 atom stereocenters. The van der Waals surface area contributed by atoms with Crippen molar-refractivity contribution in [3.63, 3.8) is 0 Å². The Morgan fingerprint density at radius 1 is 1.14 bits per heavy atom. The number of carbonyl (C=O) groups excluding carboxylic acids is 2. The normalized spacial score (nSPS) is 10.1. The molecule has 114 valence electrons. The predicted octanol–water partition coefficient (Wildman–Crippen LogP) is 3.54. The van der Waals surface area contributed by atoms with Crippen LogP contribution in [-0.2, 0) is 4.79 Å². The highest BCUT2D eigenvalue weighted by atomic mass is 79.9. The SMILES string of the molecule is CSc1ccc(NC(=O)CNC(=O)c2cccc(Br)c2)cc1. The minimum absolute atomic E-state index is 0.0738. The molecule has 0 spiro atoms. The molecule has 0 aliphatic rings. The zero-order valence-electron chi connectivity index (χ0n) is 11.9. The summed E-state index contributed by atoms with van der Waals surface area (Å²) in [4.78, 5) is 24.9. The third-order valence-corrected chi connectivity index (χ3v) is 4.11. The number of halogens is 1. The number of nitrogens with one attached hydrogen (secondary N) is 2. The fourth-order valence-electron chi connectivity index (χ4n) is 1.77. The Hall–Kier alpha value is -1.79. The van der Waals surface area contributed by atoms with E-state index >= 15 is 0 Å². The number of hydrogen-bond donors (Lipinski definition) is 2. The van der Waals surface area contributed by atoms with E-state index in [-0.39, 0.29) is 18.4 Å². The monoisotopic (exact) mass is 378 g/mol. The van der Waals surface area contributed by atoms with E-state index in [1.807, 2.05) is 36.6 Å². The van der Waals surface area contributed by atoms with Crippen molar-refractivity contribution in [1.29, 1.82) is 0 Å². The third-order valence-electron chi connectivity index (χ3n) is 2.87. The Bertz CT molecular complexity index is 674. The molecule has 2 rings (SSSR count). The second-order valence-corrected chi connectivity index (χ2v) is 6.27. The van der Waals surface area contributed by atoms with Crippen LogP contribution in [0.25, 0.3) is 0 Å². The van der Waals surface area contributed by atoms with Gasteiger partial charge < -0.3 is 10.6 Å². The van der Waals surface area contributed by atoms with Crippen molar-refractivity contribution in [1.82, 2.24) is 5.32 Å². The van der Waals surface area contributed by atoms with E-state index in [0.29, 0.717) is 11.3 Å². The Balaban J connectivity index is 1.85. The van der Waals surface area contributed by atoms with E-state index < -0.39 is 0 Å². The van der Waals surface area contributed by atoms with Crippen LogP contribution in [0.4, 0.5) is 5.69 Å². The average molecular weight is 379 g/mol. The zero-order chi connectivity index (χ0) is 15.9. The number of carbonyl (C=O) groups is 2. The molecular formula is C16H15BrN2O2S. The smallest absolute Gasteiger partial charge is 0.251 e. The highest BCUT2D eigenvalue weighted by molar-refractivity contribution is 9.10. The molecule has 0 bridgehead atoms. The average Bonchev–Trinajstić information content (AvgIpc) is 2.53. The van der Waals surface area contributed by atoms with Crippen LogP contribution in [0.2, 0.25) is 0 Å². The Labute approximate surface area is 141 Å². The van der Waals surface area contributed by atoms with E-state index in [9.17, 15) is 9.59 Å². The highest BCUT2D eigenvalue weighted by Gasteiger charge is 2.08. The largest absolute Gasteiger partial charge is 0.343 e. The van der Waals surface area contributed by atoms with Gasteiger partial charge in [0.1, 0.15) is 0 Å². The number of amides is 2. The fourth-order valence-corrected chi connectivity index (χ4v) is 2.58. The van der Waals surface area contributed by atoms with Gasteiger partial charge in [-0.1, -0.05) is 22.0 Å². The molecule has 0 radical (unpaired) electrons. The molecule has 0 fully saturated rings. The van der Waals surface area contributed by atoms with Crippen LogP contribution in [0.5, 0.6) is 0 Å². The molecule has 0 heterocycles. The Morgan fingerprint density at radius 3 is 2.50 bits per heavy atom. The van der Waals surface area contributed by atoms with Crippen molar-refractivity contribution in [3.8, 4) is 0 Å². The van der Waals surface area contributed by atoms with E-state index in [0.717, 1.165) is 9.37 Å². The molecule has 2 aromatic carbocycles. The lowest BCUT2D eigenvalue weighted by molar-refractivity contribution is -0.115. The summed E-state index contributed by atoms with van der Waals surface area (Å²) in [6, 6.07) is 14.5. The summed E-state index contributed by atoms with van der Waals surface area (Å²) in [6.45, 7) is -0.0738. The lowest BCUT2D eigenvalue weighted by Gasteiger charge is -2.07. The van der Waals surface area contributed by atoms with E-state index in [2.05, 4.69) is 26.6 Å². The first-order chi connectivity index (χ1) is 10.6. The number of thioether (sulfide) groups is 1. The van der Waals surface area contributed by atoms with Crippen LogP contribution < -0.4 is 10.6 Å². The predicted molar refractivity (Wildman–Crippen MR) is 93.3 cm³/mol. The second kappa shape index (κ2) is 8.00. The molecule has 0 aliphatic heterocycles. The van der Waals surface area contributed by atoms with Gasteiger partial charge >= 0.3 is 0 Å². The fraction of sp³-hybridized carbons (Fsp3) is 0.125. The van der Waals surface area contributed by atoms with Crippen LogP contribution in [0.1, 0.15) is 10.4 Å². The van der Waals surface area contributed by atoms with E-state index in [1.165, 1.54) is 0 Å². The van der Waals surface area contributed by atoms with Crippen LogP contribution in [-0.4, -0.2) is 24.6 Å². The van der Waals surface area contributed by atoms with Crippen LogP contribution >= 0.6 is 27.7 Å². The minimum atomic E-state index is -0.283. The van der Waals surface area contributed by atoms with E-state index in [4.69, 9.17) is 0 Å². The molecule has 0 saturated heterocycles. The second-order valence-electron chi connectivity index (χ2n) is 4.47. The molecule has 2 aromatic rings. The Kier molecular flexibility index (Phi) is 6.03. The van der Waals surface area contributed by atoms with Crippen LogP contribution in [0, 0.1) is 0 Å². The van der Waals surface area contributed by atoms with Gasteiger partial charge in [-0.2, -0.15) is 0 Å². The summed E-state index contributed by atoms with van der Waals surface area (Å²) in [6.07, 6.45) is 1.99. The molecule has 0 aromatic heterocycles. The van der Waals surface area contributed by atoms with Crippen LogP contribution in [0.3, 0.4) is 0 Å². The summed E-state index contributed by atoms with van der Waals surface area (Å²) in [7, 11) is 0. The van der Waals surface area contributed by atoms with Gasteiger partial charge in [0.2, 0.25) is 5.91 Å². The molecule has 0 unspecified atom stereocenters. The van der Waals surface area contributed by atoms with Gasteiger partial charge in [0.25, 0.3) is 5.91 Å².